The Balaban J connectivity index is 2.05. The lowest BCUT2D eigenvalue weighted by Gasteiger charge is -2.35. The maximum absolute atomic E-state index is 6.26. The van der Waals surface area contributed by atoms with Gasteiger partial charge >= 0.3 is 0 Å². The highest BCUT2D eigenvalue weighted by Gasteiger charge is 2.22. The van der Waals surface area contributed by atoms with Crippen molar-refractivity contribution in [2.24, 2.45) is 5.92 Å². The lowest BCUT2D eigenvalue weighted by molar-refractivity contribution is 0.419. The molecule has 0 aliphatic carbocycles. The van der Waals surface area contributed by atoms with Gasteiger partial charge < -0.3 is 4.90 Å². The molecule has 2 unspecified atom stereocenters. The highest BCUT2D eigenvalue weighted by molar-refractivity contribution is 6.30. The summed E-state index contributed by atoms with van der Waals surface area (Å²) < 4.78 is 0. The Labute approximate surface area is 164 Å². The van der Waals surface area contributed by atoms with E-state index in [0.29, 0.717) is 12.0 Å². The van der Waals surface area contributed by atoms with Gasteiger partial charge in [-0.2, -0.15) is 0 Å². The second-order valence-electron chi connectivity index (χ2n) is 7.34. The summed E-state index contributed by atoms with van der Waals surface area (Å²) in [6.45, 7) is 6.95. The van der Waals surface area contributed by atoms with Crippen LogP contribution in [0.3, 0.4) is 0 Å². The van der Waals surface area contributed by atoms with Crippen LogP contribution in [0.2, 0.25) is 5.02 Å². The van der Waals surface area contributed by atoms with E-state index in [9.17, 15) is 0 Å². The standard InChI is InChI=1S/C23H33ClN2/c1-4-5-6-7-8-9-12-19(2)20(3)26(23-15-11-16-25-18-23)22-14-10-13-21(24)17-22/h10-11,13-20H,4-9,12H2,1-3H3. The average molecular weight is 373 g/mol. The minimum absolute atomic E-state index is 0.383. The summed E-state index contributed by atoms with van der Waals surface area (Å²) in [6, 6.07) is 12.6. The summed E-state index contributed by atoms with van der Waals surface area (Å²) in [4.78, 5) is 6.70. The molecule has 0 aliphatic rings. The van der Waals surface area contributed by atoms with Crippen molar-refractivity contribution in [1.29, 1.82) is 0 Å². The molecule has 0 saturated heterocycles. The van der Waals surface area contributed by atoms with Gasteiger partial charge in [-0.05, 0) is 49.6 Å². The Hall–Kier alpha value is -1.54. The van der Waals surface area contributed by atoms with Crippen molar-refractivity contribution >= 4 is 23.0 Å². The normalized spacial score (nSPS) is 13.4. The molecule has 2 aromatic rings. The molecule has 1 aromatic carbocycles. The van der Waals surface area contributed by atoms with Crippen LogP contribution in [0.25, 0.3) is 0 Å². The molecule has 0 bridgehead atoms. The lowest BCUT2D eigenvalue weighted by atomic mass is 9.94. The van der Waals surface area contributed by atoms with Crippen LogP contribution in [-0.2, 0) is 0 Å². The molecule has 0 amide bonds. The Morgan fingerprint density at radius 3 is 2.38 bits per heavy atom. The van der Waals surface area contributed by atoms with E-state index in [4.69, 9.17) is 11.6 Å². The maximum Gasteiger partial charge on any atom is 0.0599 e. The lowest BCUT2D eigenvalue weighted by Crippen LogP contribution is -2.34. The summed E-state index contributed by atoms with van der Waals surface area (Å²) in [5.41, 5.74) is 2.25. The van der Waals surface area contributed by atoms with E-state index in [1.165, 1.54) is 44.9 Å². The van der Waals surface area contributed by atoms with Crippen molar-refractivity contribution < 1.29 is 0 Å². The first-order valence-corrected chi connectivity index (χ1v) is 10.5. The Kier molecular flexibility index (Phi) is 8.97. The minimum atomic E-state index is 0.383. The monoisotopic (exact) mass is 372 g/mol. The molecule has 0 radical (unpaired) electrons. The maximum atomic E-state index is 6.26. The molecule has 1 aromatic heterocycles. The zero-order chi connectivity index (χ0) is 18.8. The molecule has 26 heavy (non-hydrogen) atoms. The molecule has 2 atom stereocenters. The van der Waals surface area contributed by atoms with Gasteiger partial charge in [0.05, 0.1) is 11.9 Å². The number of hydrogen-bond acceptors (Lipinski definition) is 2. The fourth-order valence-corrected chi connectivity index (χ4v) is 3.67. The second-order valence-corrected chi connectivity index (χ2v) is 7.77. The highest BCUT2D eigenvalue weighted by atomic mass is 35.5. The number of anilines is 2. The van der Waals surface area contributed by atoms with Crippen LogP contribution in [0.1, 0.15) is 65.7 Å². The van der Waals surface area contributed by atoms with E-state index in [1.54, 1.807) is 0 Å². The number of nitrogens with zero attached hydrogens (tertiary/aromatic N) is 2. The molecule has 2 rings (SSSR count). The van der Waals surface area contributed by atoms with Crippen molar-refractivity contribution in [3.8, 4) is 0 Å². The van der Waals surface area contributed by atoms with E-state index in [1.807, 2.05) is 36.7 Å². The van der Waals surface area contributed by atoms with Crippen LogP contribution in [0.15, 0.2) is 48.8 Å². The van der Waals surface area contributed by atoms with E-state index in [-0.39, 0.29) is 0 Å². The highest BCUT2D eigenvalue weighted by Crippen LogP contribution is 2.32. The first-order chi connectivity index (χ1) is 12.6. The number of pyridine rings is 1. The van der Waals surface area contributed by atoms with E-state index in [2.05, 4.69) is 42.8 Å². The van der Waals surface area contributed by atoms with Gasteiger partial charge in [0, 0.05) is 22.9 Å². The average Bonchev–Trinajstić information content (AvgIpc) is 2.65. The summed E-state index contributed by atoms with van der Waals surface area (Å²) in [5.74, 6) is 0.598. The quantitative estimate of drug-likeness (QED) is 0.376. The first kappa shape index (κ1) is 20.8. The molecule has 0 aliphatic heterocycles. The Bertz CT molecular complexity index is 629. The van der Waals surface area contributed by atoms with Gasteiger partial charge in [0.15, 0.2) is 0 Å². The largest absolute Gasteiger partial charge is 0.337 e. The third-order valence-corrected chi connectivity index (χ3v) is 5.49. The second kappa shape index (κ2) is 11.2. The number of halogens is 1. The zero-order valence-electron chi connectivity index (χ0n) is 16.5. The van der Waals surface area contributed by atoms with Gasteiger partial charge in [-0.15, -0.1) is 0 Å². The van der Waals surface area contributed by atoms with Crippen LogP contribution in [0.4, 0.5) is 11.4 Å². The molecular formula is C23H33ClN2. The van der Waals surface area contributed by atoms with Crippen LogP contribution < -0.4 is 4.90 Å². The summed E-state index contributed by atoms with van der Waals surface area (Å²) in [6.07, 6.45) is 13.1. The smallest absolute Gasteiger partial charge is 0.0599 e. The predicted molar refractivity (Wildman–Crippen MR) is 114 cm³/mol. The summed E-state index contributed by atoms with van der Waals surface area (Å²) >= 11 is 6.26. The van der Waals surface area contributed by atoms with Crippen molar-refractivity contribution in [3.05, 3.63) is 53.8 Å². The van der Waals surface area contributed by atoms with Gasteiger partial charge in [-0.25, -0.2) is 0 Å². The van der Waals surface area contributed by atoms with Crippen LogP contribution in [-0.4, -0.2) is 11.0 Å². The number of hydrogen-bond donors (Lipinski definition) is 0. The van der Waals surface area contributed by atoms with Crippen LogP contribution >= 0.6 is 11.6 Å². The Morgan fingerprint density at radius 1 is 0.962 bits per heavy atom. The molecule has 1 heterocycles. The Morgan fingerprint density at radius 2 is 1.69 bits per heavy atom. The third-order valence-electron chi connectivity index (χ3n) is 5.25. The fraction of sp³-hybridized carbons (Fsp3) is 0.522. The number of rotatable bonds is 11. The zero-order valence-corrected chi connectivity index (χ0v) is 17.3. The first-order valence-electron chi connectivity index (χ1n) is 10.1. The number of aromatic nitrogens is 1. The van der Waals surface area contributed by atoms with Gasteiger partial charge in [0.1, 0.15) is 0 Å². The van der Waals surface area contributed by atoms with Crippen molar-refractivity contribution in [1.82, 2.24) is 4.98 Å². The van der Waals surface area contributed by atoms with Gasteiger partial charge in [-0.1, -0.05) is 70.0 Å². The van der Waals surface area contributed by atoms with Crippen molar-refractivity contribution in [2.75, 3.05) is 4.90 Å². The molecule has 2 nitrogen and oxygen atoms in total. The molecule has 0 N–H and O–H groups in total. The molecule has 0 saturated carbocycles. The molecular weight excluding hydrogens is 340 g/mol. The van der Waals surface area contributed by atoms with E-state index >= 15 is 0 Å². The SMILES string of the molecule is CCCCCCCCC(C)C(C)N(c1cccnc1)c1cccc(Cl)c1. The number of benzene rings is 1. The molecule has 0 fully saturated rings. The van der Waals surface area contributed by atoms with Gasteiger partial charge in [0.25, 0.3) is 0 Å². The van der Waals surface area contributed by atoms with Gasteiger partial charge in [0.2, 0.25) is 0 Å². The van der Waals surface area contributed by atoms with Crippen LogP contribution in [0, 0.1) is 5.92 Å². The van der Waals surface area contributed by atoms with Crippen molar-refractivity contribution in [3.63, 3.8) is 0 Å². The predicted octanol–water partition coefficient (Wildman–Crippen LogP) is 7.65. The number of unbranched alkanes of at least 4 members (excludes halogenated alkanes) is 5. The topological polar surface area (TPSA) is 16.1 Å². The minimum Gasteiger partial charge on any atom is -0.337 e. The van der Waals surface area contributed by atoms with Crippen LogP contribution in [0.5, 0.6) is 0 Å². The van der Waals surface area contributed by atoms with Crippen molar-refractivity contribution in [2.45, 2.75) is 71.8 Å². The van der Waals surface area contributed by atoms with Gasteiger partial charge in [-0.3, -0.25) is 4.98 Å². The molecule has 0 spiro atoms. The summed E-state index contributed by atoms with van der Waals surface area (Å²) in [7, 11) is 0. The summed E-state index contributed by atoms with van der Waals surface area (Å²) in [5, 5.41) is 0.771. The van der Waals surface area contributed by atoms with E-state index in [0.717, 1.165) is 16.4 Å². The van der Waals surface area contributed by atoms with E-state index < -0.39 is 0 Å². The molecule has 3 heteroatoms. The molecule has 142 valence electrons. The third kappa shape index (κ3) is 6.32. The fourth-order valence-electron chi connectivity index (χ4n) is 3.48.